The number of nitrogens with two attached hydrogens (primary N) is 1. The summed E-state index contributed by atoms with van der Waals surface area (Å²) in [4.78, 5) is 12.8. The van der Waals surface area contributed by atoms with E-state index in [4.69, 9.17) is 10.9 Å². The van der Waals surface area contributed by atoms with Gasteiger partial charge in [0.1, 0.15) is 5.41 Å². The molecule has 0 atom stereocenters. The highest BCUT2D eigenvalue weighted by Crippen LogP contribution is 2.39. The van der Waals surface area contributed by atoms with Gasteiger partial charge in [-0.3, -0.25) is 4.79 Å². The molecule has 0 bridgehead atoms. The minimum absolute atomic E-state index is 0.0112. The van der Waals surface area contributed by atoms with Crippen molar-refractivity contribution in [1.29, 1.82) is 0 Å². The highest BCUT2D eigenvalue weighted by molar-refractivity contribution is 9.11. The molecule has 0 heterocycles. The van der Waals surface area contributed by atoms with E-state index in [9.17, 15) is 4.79 Å². The third-order valence-corrected chi connectivity index (χ3v) is 5.26. The molecule has 1 saturated carbocycles. The quantitative estimate of drug-likeness (QED) is 0.301. The van der Waals surface area contributed by atoms with Crippen molar-refractivity contribution < 1.29 is 10.0 Å². The summed E-state index contributed by atoms with van der Waals surface area (Å²) in [5.41, 5.74) is 5.55. The molecule has 0 unspecified atom stereocenters. The number of carbonyl (C=O) groups is 1. The van der Waals surface area contributed by atoms with Crippen LogP contribution >= 0.6 is 31.9 Å². The molecule has 1 aliphatic rings. The number of oxime groups is 1. The van der Waals surface area contributed by atoms with E-state index < -0.39 is 5.41 Å². The minimum Gasteiger partial charge on any atom is -0.409 e. The Balaban J connectivity index is 2.32. The number of halogens is 2. The van der Waals surface area contributed by atoms with Crippen LogP contribution in [-0.2, 0) is 4.79 Å². The van der Waals surface area contributed by atoms with E-state index >= 15 is 0 Å². The third kappa shape index (κ3) is 3.23. The van der Waals surface area contributed by atoms with Crippen molar-refractivity contribution in [3.8, 4) is 0 Å². The van der Waals surface area contributed by atoms with Crippen molar-refractivity contribution in [3.05, 3.63) is 27.1 Å². The number of para-hydroxylation sites is 1. The zero-order valence-electron chi connectivity index (χ0n) is 11.4. The molecule has 5 nitrogen and oxygen atoms in total. The number of amidine groups is 1. The molecule has 1 aromatic carbocycles. The van der Waals surface area contributed by atoms with Crippen LogP contribution in [0, 0.1) is 5.41 Å². The molecule has 114 valence electrons. The molecule has 2 rings (SSSR count). The van der Waals surface area contributed by atoms with E-state index in [0.29, 0.717) is 18.5 Å². The fourth-order valence-electron chi connectivity index (χ4n) is 2.70. The maximum atomic E-state index is 12.8. The first-order valence-corrected chi connectivity index (χ1v) is 8.33. The molecular formula is C14H17Br2N3O2. The Bertz CT molecular complexity index is 549. The highest BCUT2D eigenvalue weighted by atomic mass is 79.9. The first kappa shape index (κ1) is 16.3. The average Bonchev–Trinajstić information content (AvgIpc) is 2.50. The van der Waals surface area contributed by atoms with Crippen LogP contribution in [0.3, 0.4) is 0 Å². The molecular weight excluding hydrogens is 402 g/mol. The van der Waals surface area contributed by atoms with Gasteiger partial charge in [0.2, 0.25) is 5.91 Å². The van der Waals surface area contributed by atoms with Crippen molar-refractivity contribution in [2.75, 3.05) is 5.32 Å². The molecule has 0 saturated heterocycles. The lowest BCUT2D eigenvalue weighted by Crippen LogP contribution is -2.48. The number of rotatable bonds is 3. The lowest BCUT2D eigenvalue weighted by molar-refractivity contribution is -0.123. The lowest BCUT2D eigenvalue weighted by Gasteiger charge is -2.34. The van der Waals surface area contributed by atoms with Crippen LogP contribution in [0.25, 0.3) is 0 Å². The Hall–Kier alpha value is -1.08. The van der Waals surface area contributed by atoms with Crippen LogP contribution in [0.4, 0.5) is 5.69 Å². The molecule has 7 heteroatoms. The first-order chi connectivity index (χ1) is 10.0. The monoisotopic (exact) mass is 417 g/mol. The van der Waals surface area contributed by atoms with E-state index in [0.717, 1.165) is 28.2 Å². The summed E-state index contributed by atoms with van der Waals surface area (Å²) in [7, 11) is 0. The smallest absolute Gasteiger partial charge is 0.238 e. The number of hydrogen-bond donors (Lipinski definition) is 3. The summed E-state index contributed by atoms with van der Waals surface area (Å²) in [6.45, 7) is 0. The van der Waals surface area contributed by atoms with Gasteiger partial charge in [-0.25, -0.2) is 0 Å². The maximum Gasteiger partial charge on any atom is 0.238 e. The second-order valence-corrected chi connectivity index (χ2v) is 6.89. The van der Waals surface area contributed by atoms with Crippen molar-refractivity contribution in [3.63, 3.8) is 0 Å². The number of amides is 1. The number of anilines is 1. The average molecular weight is 419 g/mol. The largest absolute Gasteiger partial charge is 0.409 e. The standard InChI is InChI=1S/C14H17Br2N3O2/c15-9-5-4-6-10(16)11(9)18-13(20)14(12(17)19-21)7-2-1-3-8-14/h4-6,21H,1-3,7-8H2,(H2,17,19)(H,18,20). The van der Waals surface area contributed by atoms with E-state index in [1.165, 1.54) is 0 Å². The molecule has 0 radical (unpaired) electrons. The van der Waals surface area contributed by atoms with Gasteiger partial charge in [0.15, 0.2) is 5.84 Å². The van der Waals surface area contributed by atoms with Crippen LogP contribution in [0.15, 0.2) is 32.3 Å². The number of nitrogens with one attached hydrogen (secondary N) is 1. The molecule has 1 aromatic rings. The predicted octanol–water partition coefficient (Wildman–Crippen LogP) is 3.85. The van der Waals surface area contributed by atoms with E-state index in [-0.39, 0.29) is 11.7 Å². The Morgan fingerprint density at radius 3 is 2.33 bits per heavy atom. The highest BCUT2D eigenvalue weighted by Gasteiger charge is 2.44. The molecule has 4 N–H and O–H groups in total. The number of nitrogens with zero attached hydrogens (tertiary/aromatic N) is 1. The molecule has 1 fully saturated rings. The summed E-state index contributed by atoms with van der Waals surface area (Å²) in [5.74, 6) is -0.243. The Morgan fingerprint density at radius 2 is 1.81 bits per heavy atom. The van der Waals surface area contributed by atoms with Crippen LogP contribution in [0.1, 0.15) is 32.1 Å². The van der Waals surface area contributed by atoms with Gasteiger partial charge >= 0.3 is 0 Å². The molecule has 0 aromatic heterocycles. The van der Waals surface area contributed by atoms with Gasteiger partial charge in [-0.1, -0.05) is 30.5 Å². The zero-order valence-corrected chi connectivity index (χ0v) is 14.6. The van der Waals surface area contributed by atoms with Crippen LogP contribution in [0.2, 0.25) is 0 Å². The van der Waals surface area contributed by atoms with Crippen molar-refractivity contribution in [2.45, 2.75) is 32.1 Å². The Morgan fingerprint density at radius 1 is 1.24 bits per heavy atom. The van der Waals surface area contributed by atoms with Crippen molar-refractivity contribution in [1.82, 2.24) is 0 Å². The molecule has 1 amide bonds. The van der Waals surface area contributed by atoms with Gasteiger partial charge in [0.25, 0.3) is 0 Å². The van der Waals surface area contributed by atoms with Crippen molar-refractivity contribution >= 4 is 49.3 Å². The Kier molecular flexibility index (Phi) is 5.27. The minimum atomic E-state index is -0.929. The molecule has 0 aliphatic heterocycles. The fraction of sp³-hybridized carbons (Fsp3) is 0.429. The summed E-state index contributed by atoms with van der Waals surface area (Å²) < 4.78 is 1.55. The molecule has 21 heavy (non-hydrogen) atoms. The van der Waals surface area contributed by atoms with Crippen LogP contribution < -0.4 is 11.1 Å². The van der Waals surface area contributed by atoms with Gasteiger partial charge in [0, 0.05) is 8.95 Å². The van der Waals surface area contributed by atoms with Gasteiger partial charge in [0.05, 0.1) is 5.69 Å². The van der Waals surface area contributed by atoms with Crippen LogP contribution in [-0.4, -0.2) is 17.0 Å². The second kappa shape index (κ2) is 6.79. The summed E-state index contributed by atoms with van der Waals surface area (Å²) in [6, 6.07) is 5.55. The topological polar surface area (TPSA) is 87.7 Å². The molecule has 1 aliphatic carbocycles. The second-order valence-electron chi connectivity index (χ2n) is 5.18. The lowest BCUT2D eigenvalue weighted by atomic mass is 9.72. The number of carbonyl (C=O) groups excluding carboxylic acids is 1. The van der Waals surface area contributed by atoms with Crippen molar-refractivity contribution in [2.24, 2.45) is 16.3 Å². The maximum absolute atomic E-state index is 12.8. The van der Waals surface area contributed by atoms with Gasteiger partial charge in [-0.05, 0) is 56.8 Å². The summed E-state index contributed by atoms with van der Waals surface area (Å²) in [5, 5.41) is 15.0. The molecule has 0 spiro atoms. The fourth-order valence-corrected chi connectivity index (χ4v) is 3.90. The number of hydrogen-bond acceptors (Lipinski definition) is 3. The van der Waals surface area contributed by atoms with Crippen LogP contribution in [0.5, 0.6) is 0 Å². The Labute approximate surface area is 140 Å². The van der Waals surface area contributed by atoms with Gasteiger partial charge < -0.3 is 16.3 Å². The third-order valence-electron chi connectivity index (χ3n) is 3.94. The van der Waals surface area contributed by atoms with E-state index in [1.807, 2.05) is 18.2 Å². The predicted molar refractivity (Wildman–Crippen MR) is 89.4 cm³/mol. The summed E-state index contributed by atoms with van der Waals surface area (Å²) in [6.07, 6.45) is 4.03. The zero-order chi connectivity index (χ0) is 15.5. The SMILES string of the molecule is N/C(=N/O)C1(C(=O)Nc2c(Br)cccc2Br)CCCCC1. The van der Waals surface area contributed by atoms with Gasteiger partial charge in [-0.2, -0.15) is 0 Å². The van der Waals surface area contributed by atoms with E-state index in [2.05, 4.69) is 42.3 Å². The van der Waals surface area contributed by atoms with E-state index in [1.54, 1.807) is 0 Å². The number of benzene rings is 1. The first-order valence-electron chi connectivity index (χ1n) is 6.75. The summed E-state index contributed by atoms with van der Waals surface area (Å²) >= 11 is 6.83. The normalized spacial score (nSPS) is 18.3. The van der Waals surface area contributed by atoms with Gasteiger partial charge in [-0.15, -0.1) is 0 Å².